The number of piperidine rings is 1. The van der Waals surface area contributed by atoms with E-state index in [1.54, 1.807) is 12.1 Å². The molecule has 0 bridgehead atoms. The predicted molar refractivity (Wildman–Crippen MR) is 117 cm³/mol. The molecular formula is C21H24ClN5O2S. The van der Waals surface area contributed by atoms with Crippen LogP contribution in [0, 0.1) is 5.92 Å². The number of halogens is 1. The summed E-state index contributed by atoms with van der Waals surface area (Å²) in [5.41, 5.74) is 1.83. The molecular weight excluding hydrogens is 422 g/mol. The maximum absolute atomic E-state index is 12.3. The highest BCUT2D eigenvalue weighted by atomic mass is 35.5. The zero-order chi connectivity index (χ0) is 20.9. The second-order valence-electron chi connectivity index (χ2n) is 7.67. The number of amides is 1. The summed E-state index contributed by atoms with van der Waals surface area (Å²) in [6.45, 7) is 5.38. The number of nitrogens with zero attached hydrogens (tertiary/aromatic N) is 4. The number of nitrogens with one attached hydrogen (secondary N) is 1. The number of anilines is 1. The van der Waals surface area contributed by atoms with Crippen molar-refractivity contribution in [2.24, 2.45) is 5.92 Å². The SMILES string of the molecule is CC1CCN(Cc2csc(NC(=O)CCc3nc(-c4ccc(Cl)cc4)no3)n2)CC1. The van der Waals surface area contributed by atoms with Gasteiger partial charge >= 0.3 is 0 Å². The van der Waals surface area contributed by atoms with Crippen molar-refractivity contribution in [1.29, 1.82) is 0 Å². The summed E-state index contributed by atoms with van der Waals surface area (Å²) in [5.74, 6) is 1.61. The molecule has 30 heavy (non-hydrogen) atoms. The van der Waals surface area contributed by atoms with E-state index in [9.17, 15) is 4.79 Å². The second-order valence-corrected chi connectivity index (χ2v) is 8.96. The Balaban J connectivity index is 1.24. The van der Waals surface area contributed by atoms with Gasteiger partial charge < -0.3 is 9.84 Å². The number of benzene rings is 1. The van der Waals surface area contributed by atoms with Crippen molar-refractivity contribution in [2.45, 2.75) is 39.2 Å². The van der Waals surface area contributed by atoms with Gasteiger partial charge in [0, 0.05) is 35.4 Å². The average molecular weight is 446 g/mol. The van der Waals surface area contributed by atoms with Gasteiger partial charge in [0.25, 0.3) is 0 Å². The number of hydrogen-bond donors (Lipinski definition) is 1. The number of carbonyl (C=O) groups is 1. The first kappa shape index (κ1) is 21.0. The largest absolute Gasteiger partial charge is 0.339 e. The van der Waals surface area contributed by atoms with Crippen LogP contribution in [0.4, 0.5) is 5.13 Å². The Morgan fingerprint density at radius 3 is 2.80 bits per heavy atom. The molecule has 1 N–H and O–H groups in total. The molecule has 0 radical (unpaired) electrons. The van der Waals surface area contributed by atoms with Gasteiger partial charge in [-0.25, -0.2) is 4.98 Å². The van der Waals surface area contributed by atoms with Crippen molar-refractivity contribution >= 4 is 34.0 Å². The van der Waals surface area contributed by atoms with E-state index < -0.39 is 0 Å². The third-order valence-corrected chi connectivity index (χ3v) is 6.25. The van der Waals surface area contributed by atoms with Crippen molar-refractivity contribution in [3.63, 3.8) is 0 Å². The van der Waals surface area contributed by atoms with Crippen LogP contribution >= 0.6 is 22.9 Å². The summed E-state index contributed by atoms with van der Waals surface area (Å²) < 4.78 is 5.25. The molecule has 3 aromatic rings. The number of hydrogen-bond acceptors (Lipinski definition) is 7. The van der Waals surface area contributed by atoms with Crippen molar-refractivity contribution in [3.05, 3.63) is 46.3 Å². The molecule has 9 heteroatoms. The van der Waals surface area contributed by atoms with E-state index in [-0.39, 0.29) is 12.3 Å². The van der Waals surface area contributed by atoms with E-state index in [0.29, 0.717) is 28.3 Å². The van der Waals surface area contributed by atoms with Crippen LogP contribution in [0.25, 0.3) is 11.4 Å². The van der Waals surface area contributed by atoms with Crippen LogP contribution in [0.1, 0.15) is 37.8 Å². The number of rotatable bonds is 7. The zero-order valence-corrected chi connectivity index (χ0v) is 18.4. The van der Waals surface area contributed by atoms with Crippen LogP contribution in [-0.2, 0) is 17.8 Å². The molecule has 1 aliphatic heterocycles. The molecule has 1 aromatic carbocycles. The summed E-state index contributed by atoms with van der Waals surface area (Å²) in [6.07, 6.45) is 3.10. The minimum atomic E-state index is -0.117. The number of likely N-dealkylation sites (tertiary alicyclic amines) is 1. The monoisotopic (exact) mass is 445 g/mol. The number of thiazole rings is 1. The van der Waals surface area contributed by atoms with E-state index >= 15 is 0 Å². The first-order chi connectivity index (χ1) is 14.5. The van der Waals surface area contributed by atoms with Crippen molar-refractivity contribution < 1.29 is 9.32 Å². The van der Waals surface area contributed by atoms with Gasteiger partial charge in [0.15, 0.2) is 5.13 Å². The highest BCUT2D eigenvalue weighted by Crippen LogP contribution is 2.22. The third kappa shape index (κ3) is 5.65. The summed E-state index contributed by atoms with van der Waals surface area (Å²) in [6, 6.07) is 7.20. The van der Waals surface area contributed by atoms with Gasteiger partial charge in [-0.2, -0.15) is 4.98 Å². The van der Waals surface area contributed by atoms with Crippen LogP contribution in [-0.4, -0.2) is 39.0 Å². The third-order valence-electron chi connectivity index (χ3n) is 5.20. The standard InChI is InChI=1S/C21H24ClN5O2S/c1-14-8-10-27(11-9-14)12-17-13-30-21(23-17)24-18(28)6-7-19-25-20(26-29-19)15-2-4-16(22)5-3-15/h2-5,13-14H,6-12H2,1H3,(H,23,24,28). The van der Waals surface area contributed by atoms with Gasteiger partial charge in [0.1, 0.15) is 0 Å². The molecule has 0 saturated carbocycles. The molecule has 1 aliphatic rings. The van der Waals surface area contributed by atoms with E-state index in [1.807, 2.05) is 17.5 Å². The average Bonchev–Trinajstić information content (AvgIpc) is 3.38. The molecule has 158 valence electrons. The molecule has 0 spiro atoms. The minimum absolute atomic E-state index is 0.117. The van der Waals surface area contributed by atoms with Gasteiger partial charge in [-0.15, -0.1) is 11.3 Å². The lowest BCUT2D eigenvalue weighted by Crippen LogP contribution is -2.32. The van der Waals surface area contributed by atoms with Crippen LogP contribution in [0.2, 0.25) is 5.02 Å². The Labute approximate surface area is 184 Å². The maximum Gasteiger partial charge on any atom is 0.227 e. The molecule has 1 amide bonds. The maximum atomic E-state index is 12.3. The number of aryl methyl sites for hydroxylation is 1. The molecule has 0 aliphatic carbocycles. The summed E-state index contributed by atoms with van der Waals surface area (Å²) >= 11 is 7.35. The highest BCUT2D eigenvalue weighted by molar-refractivity contribution is 7.13. The number of carbonyl (C=O) groups excluding carboxylic acids is 1. The van der Waals surface area contributed by atoms with Crippen LogP contribution in [0.5, 0.6) is 0 Å². The molecule has 1 saturated heterocycles. The summed E-state index contributed by atoms with van der Waals surface area (Å²) in [5, 5.41) is 10.1. The fraction of sp³-hybridized carbons (Fsp3) is 0.429. The quantitative estimate of drug-likeness (QED) is 0.569. The Kier molecular flexibility index (Phi) is 6.76. The Morgan fingerprint density at radius 1 is 1.27 bits per heavy atom. The normalized spacial score (nSPS) is 15.4. The molecule has 4 rings (SSSR count). The Morgan fingerprint density at radius 2 is 2.03 bits per heavy atom. The molecule has 2 aromatic heterocycles. The van der Waals surface area contributed by atoms with Gasteiger partial charge in [-0.3, -0.25) is 9.69 Å². The topological polar surface area (TPSA) is 84.2 Å². The van der Waals surface area contributed by atoms with Crippen LogP contribution < -0.4 is 5.32 Å². The molecule has 7 nitrogen and oxygen atoms in total. The zero-order valence-electron chi connectivity index (χ0n) is 16.8. The van der Waals surface area contributed by atoms with Crippen LogP contribution in [0.15, 0.2) is 34.2 Å². The van der Waals surface area contributed by atoms with Gasteiger partial charge in [0.05, 0.1) is 5.69 Å². The minimum Gasteiger partial charge on any atom is -0.339 e. The Hall–Kier alpha value is -2.29. The second kappa shape index (κ2) is 9.68. The van der Waals surface area contributed by atoms with E-state index in [1.165, 1.54) is 24.2 Å². The predicted octanol–water partition coefficient (Wildman–Crippen LogP) is 4.65. The molecule has 0 unspecified atom stereocenters. The van der Waals surface area contributed by atoms with E-state index in [4.69, 9.17) is 16.1 Å². The van der Waals surface area contributed by atoms with Crippen LogP contribution in [0.3, 0.4) is 0 Å². The van der Waals surface area contributed by atoms with Crippen molar-refractivity contribution in [1.82, 2.24) is 20.0 Å². The van der Waals surface area contributed by atoms with Crippen molar-refractivity contribution in [3.8, 4) is 11.4 Å². The van der Waals surface area contributed by atoms with Gasteiger partial charge in [-0.1, -0.05) is 23.7 Å². The van der Waals surface area contributed by atoms with E-state index in [2.05, 4.69) is 32.3 Å². The lowest BCUT2D eigenvalue weighted by molar-refractivity contribution is -0.116. The lowest BCUT2D eigenvalue weighted by Gasteiger charge is -2.29. The first-order valence-electron chi connectivity index (χ1n) is 10.1. The number of aromatic nitrogens is 3. The fourth-order valence-corrected chi connectivity index (χ4v) is 4.20. The smallest absolute Gasteiger partial charge is 0.227 e. The van der Waals surface area contributed by atoms with E-state index in [0.717, 1.165) is 36.8 Å². The molecule has 3 heterocycles. The van der Waals surface area contributed by atoms with Gasteiger partial charge in [0.2, 0.25) is 17.6 Å². The summed E-state index contributed by atoms with van der Waals surface area (Å²) in [7, 11) is 0. The van der Waals surface area contributed by atoms with Crippen molar-refractivity contribution in [2.75, 3.05) is 18.4 Å². The first-order valence-corrected chi connectivity index (χ1v) is 11.4. The fourth-order valence-electron chi connectivity index (χ4n) is 3.36. The Bertz CT molecular complexity index is 979. The molecule has 1 fully saturated rings. The lowest BCUT2D eigenvalue weighted by atomic mass is 9.99. The summed E-state index contributed by atoms with van der Waals surface area (Å²) in [4.78, 5) is 23.6. The highest BCUT2D eigenvalue weighted by Gasteiger charge is 2.17. The molecule has 0 atom stereocenters. The van der Waals surface area contributed by atoms with Gasteiger partial charge in [-0.05, 0) is 56.1 Å².